The fourth-order valence-electron chi connectivity index (χ4n) is 4.86. The van der Waals surface area contributed by atoms with Gasteiger partial charge in [0.2, 0.25) is 0 Å². The highest BCUT2D eigenvalue weighted by molar-refractivity contribution is 5.94. The molecular formula is C24H29N3O4. The van der Waals surface area contributed by atoms with Gasteiger partial charge in [0.15, 0.2) is 0 Å². The van der Waals surface area contributed by atoms with Gasteiger partial charge in [-0.15, -0.1) is 0 Å². The first kappa shape index (κ1) is 21.5. The van der Waals surface area contributed by atoms with Gasteiger partial charge in [0, 0.05) is 43.4 Å². The van der Waals surface area contributed by atoms with Crippen molar-refractivity contribution in [3.63, 3.8) is 0 Å². The number of nitrogens with zero attached hydrogens (tertiary/aromatic N) is 3. The number of amides is 1. The first-order chi connectivity index (χ1) is 15.0. The van der Waals surface area contributed by atoms with Gasteiger partial charge in [-0.3, -0.25) is 19.8 Å². The molecule has 2 aliphatic rings. The van der Waals surface area contributed by atoms with Crippen LogP contribution in [0.4, 0.5) is 5.69 Å². The number of carbonyl (C=O) groups is 1. The molecule has 2 atom stereocenters. The highest BCUT2D eigenvalue weighted by Crippen LogP contribution is 2.29. The number of carbonyl (C=O) groups excluding carboxylic acids is 1. The summed E-state index contributed by atoms with van der Waals surface area (Å²) in [6.07, 6.45) is 5.39. The topological polar surface area (TPSA) is 86.9 Å². The lowest BCUT2D eigenvalue weighted by Crippen LogP contribution is -2.46. The van der Waals surface area contributed by atoms with Gasteiger partial charge in [-0.2, -0.15) is 0 Å². The lowest BCUT2D eigenvalue weighted by molar-refractivity contribution is -0.384. The standard InChI is InChI=1S/C24H29N3O4/c28-23-17-25(20-9-5-2-6-10-20)16-22(23)26(15-18-7-3-1-4-8-18)24(29)19-11-13-21(14-12-19)27(30)31/h1,3-4,7-8,11-14,20,22-23,28H,2,5-6,9-10,15-17H2/t22-,23-/m0/s1. The molecule has 2 fully saturated rings. The minimum absolute atomic E-state index is 0.0458. The maximum absolute atomic E-state index is 13.5. The summed E-state index contributed by atoms with van der Waals surface area (Å²) in [4.78, 5) is 28.0. The van der Waals surface area contributed by atoms with E-state index in [0.717, 1.165) is 18.4 Å². The Morgan fingerprint density at radius 3 is 2.35 bits per heavy atom. The zero-order valence-corrected chi connectivity index (χ0v) is 17.6. The zero-order chi connectivity index (χ0) is 21.8. The lowest BCUT2D eigenvalue weighted by atomic mass is 9.94. The molecule has 0 radical (unpaired) electrons. The van der Waals surface area contributed by atoms with E-state index in [2.05, 4.69) is 4.90 Å². The normalized spacial score (nSPS) is 22.4. The second kappa shape index (κ2) is 9.58. The minimum Gasteiger partial charge on any atom is -0.390 e. The molecule has 2 aromatic carbocycles. The molecule has 0 unspecified atom stereocenters. The van der Waals surface area contributed by atoms with Crippen molar-refractivity contribution >= 4 is 11.6 Å². The molecule has 1 aliphatic carbocycles. The molecule has 1 amide bonds. The summed E-state index contributed by atoms with van der Waals surface area (Å²) in [5, 5.41) is 21.9. The predicted octanol–water partition coefficient (Wildman–Crippen LogP) is 3.62. The van der Waals surface area contributed by atoms with Crippen LogP contribution >= 0.6 is 0 Å². The third-order valence-electron chi connectivity index (χ3n) is 6.56. The first-order valence-electron chi connectivity index (χ1n) is 11.0. The van der Waals surface area contributed by atoms with Crippen molar-refractivity contribution in [1.82, 2.24) is 9.80 Å². The second-order valence-electron chi connectivity index (χ2n) is 8.60. The molecular weight excluding hydrogens is 394 g/mol. The molecule has 31 heavy (non-hydrogen) atoms. The molecule has 1 aliphatic heterocycles. The molecule has 1 saturated heterocycles. The van der Waals surface area contributed by atoms with Crippen molar-refractivity contribution in [1.29, 1.82) is 0 Å². The average Bonchev–Trinajstić information content (AvgIpc) is 3.19. The molecule has 0 spiro atoms. The molecule has 7 nitrogen and oxygen atoms in total. The lowest BCUT2D eigenvalue weighted by Gasteiger charge is -2.33. The van der Waals surface area contributed by atoms with E-state index in [0.29, 0.717) is 31.2 Å². The SMILES string of the molecule is O=C(c1ccc([N+](=O)[O-])cc1)N(Cc1ccccc1)[C@H]1CN(C2CCCCC2)C[C@@H]1O. The fourth-order valence-corrected chi connectivity index (χ4v) is 4.86. The van der Waals surface area contributed by atoms with E-state index in [1.54, 1.807) is 4.90 Å². The Bertz CT molecular complexity index is 897. The van der Waals surface area contributed by atoms with Crippen LogP contribution in [0.5, 0.6) is 0 Å². The van der Waals surface area contributed by atoms with Crippen molar-refractivity contribution in [3.8, 4) is 0 Å². The Kier molecular flexibility index (Phi) is 6.63. The summed E-state index contributed by atoms with van der Waals surface area (Å²) in [5.74, 6) is -0.215. The van der Waals surface area contributed by atoms with E-state index >= 15 is 0 Å². The zero-order valence-electron chi connectivity index (χ0n) is 17.6. The summed E-state index contributed by atoms with van der Waals surface area (Å²) in [7, 11) is 0. The van der Waals surface area contributed by atoms with Crippen LogP contribution in [0, 0.1) is 10.1 Å². The number of nitro benzene ring substituents is 1. The molecule has 2 aromatic rings. The molecule has 7 heteroatoms. The van der Waals surface area contributed by atoms with Crippen LogP contribution < -0.4 is 0 Å². The van der Waals surface area contributed by atoms with E-state index in [4.69, 9.17) is 0 Å². The summed E-state index contributed by atoms with van der Waals surface area (Å²) in [5.41, 5.74) is 1.33. The Hall–Kier alpha value is -2.77. The fraction of sp³-hybridized carbons (Fsp3) is 0.458. The van der Waals surface area contributed by atoms with Gasteiger partial charge in [-0.05, 0) is 30.5 Å². The van der Waals surface area contributed by atoms with Crippen molar-refractivity contribution < 1.29 is 14.8 Å². The Morgan fingerprint density at radius 1 is 1.03 bits per heavy atom. The van der Waals surface area contributed by atoms with Crippen molar-refractivity contribution in [2.75, 3.05) is 13.1 Å². The van der Waals surface area contributed by atoms with Crippen LogP contribution in [0.1, 0.15) is 48.0 Å². The van der Waals surface area contributed by atoms with E-state index in [9.17, 15) is 20.0 Å². The van der Waals surface area contributed by atoms with E-state index < -0.39 is 11.0 Å². The number of nitro groups is 1. The summed E-state index contributed by atoms with van der Waals surface area (Å²) in [6.45, 7) is 1.61. The highest BCUT2D eigenvalue weighted by atomic mass is 16.6. The largest absolute Gasteiger partial charge is 0.390 e. The Morgan fingerprint density at radius 2 is 1.71 bits per heavy atom. The number of hydrogen-bond acceptors (Lipinski definition) is 5. The molecule has 164 valence electrons. The third kappa shape index (κ3) is 4.94. The molecule has 1 saturated carbocycles. The number of non-ortho nitro benzene ring substituents is 1. The van der Waals surface area contributed by atoms with Gasteiger partial charge in [-0.25, -0.2) is 0 Å². The van der Waals surface area contributed by atoms with Crippen LogP contribution in [0.15, 0.2) is 54.6 Å². The monoisotopic (exact) mass is 423 g/mol. The number of hydrogen-bond donors (Lipinski definition) is 1. The number of rotatable bonds is 6. The predicted molar refractivity (Wildman–Crippen MR) is 118 cm³/mol. The number of β-amino-alcohol motifs (C(OH)–C–C–N with tert-alkyl or cyclic N) is 1. The van der Waals surface area contributed by atoms with Crippen LogP contribution in [0.2, 0.25) is 0 Å². The molecule has 1 N–H and O–H groups in total. The van der Waals surface area contributed by atoms with Crippen LogP contribution in [-0.2, 0) is 6.54 Å². The third-order valence-corrected chi connectivity index (χ3v) is 6.56. The summed E-state index contributed by atoms with van der Waals surface area (Å²) < 4.78 is 0. The second-order valence-corrected chi connectivity index (χ2v) is 8.60. The van der Waals surface area contributed by atoms with Gasteiger partial charge < -0.3 is 10.0 Å². The van der Waals surface area contributed by atoms with Gasteiger partial charge >= 0.3 is 0 Å². The summed E-state index contributed by atoms with van der Waals surface area (Å²) >= 11 is 0. The maximum Gasteiger partial charge on any atom is 0.269 e. The molecule has 1 heterocycles. The van der Waals surface area contributed by atoms with Gasteiger partial charge in [0.1, 0.15) is 0 Å². The van der Waals surface area contributed by atoms with Gasteiger partial charge in [0.05, 0.1) is 17.1 Å². The van der Waals surface area contributed by atoms with Crippen LogP contribution in [-0.4, -0.2) is 57.0 Å². The molecule has 0 aromatic heterocycles. The van der Waals surface area contributed by atoms with E-state index in [1.165, 1.54) is 43.5 Å². The number of likely N-dealkylation sites (tertiary alicyclic amines) is 1. The minimum atomic E-state index is -0.618. The van der Waals surface area contributed by atoms with Crippen molar-refractivity contribution in [2.45, 2.75) is 56.8 Å². The average molecular weight is 424 g/mol. The Labute approximate surface area is 182 Å². The van der Waals surface area contributed by atoms with Crippen molar-refractivity contribution in [3.05, 3.63) is 75.8 Å². The van der Waals surface area contributed by atoms with E-state index in [-0.39, 0.29) is 17.6 Å². The number of aliphatic hydroxyl groups excluding tert-OH is 1. The molecule has 0 bridgehead atoms. The maximum atomic E-state index is 13.5. The number of aliphatic hydroxyl groups is 1. The Balaban J connectivity index is 1.57. The van der Waals surface area contributed by atoms with Crippen LogP contribution in [0.3, 0.4) is 0 Å². The van der Waals surface area contributed by atoms with Crippen molar-refractivity contribution in [2.24, 2.45) is 0 Å². The van der Waals surface area contributed by atoms with Crippen LogP contribution in [0.25, 0.3) is 0 Å². The highest BCUT2D eigenvalue weighted by Gasteiger charge is 2.40. The smallest absolute Gasteiger partial charge is 0.269 e. The van der Waals surface area contributed by atoms with Gasteiger partial charge in [-0.1, -0.05) is 49.6 Å². The van der Waals surface area contributed by atoms with E-state index in [1.807, 2.05) is 30.3 Å². The summed E-state index contributed by atoms with van der Waals surface area (Å²) in [6, 6.07) is 15.6. The molecule has 4 rings (SSSR count). The quantitative estimate of drug-likeness (QED) is 0.566. The van der Waals surface area contributed by atoms with Gasteiger partial charge in [0.25, 0.3) is 11.6 Å². The first-order valence-corrected chi connectivity index (χ1v) is 11.0. The number of benzene rings is 2.